The number of anilines is 1. The predicted octanol–water partition coefficient (Wildman–Crippen LogP) is 6.45. The van der Waals surface area contributed by atoms with Crippen LogP contribution in [0.15, 0.2) is 36.4 Å². The van der Waals surface area contributed by atoms with Gasteiger partial charge in [-0.2, -0.15) is 15.2 Å². The highest BCUT2D eigenvalue weighted by molar-refractivity contribution is 6.36. The van der Waals surface area contributed by atoms with Crippen LogP contribution in [0.1, 0.15) is 32.1 Å². The fourth-order valence-corrected chi connectivity index (χ4v) is 8.00. The Kier molecular flexibility index (Phi) is 9.04. The van der Waals surface area contributed by atoms with Crippen LogP contribution in [-0.4, -0.2) is 95.8 Å². The summed E-state index contributed by atoms with van der Waals surface area (Å²) in [6.45, 7) is 2.56. The standard InChI is InChI=1S/C35H35ClF2N6O5/c1-47-20-49-23-15-21-5-2-6-26(36)28(21)24(16-23)29-27(37)17-25-31(30(29)38)40-33(48-19-35-8-3-11-43(35)12-4-9-35)41-32(25)42-13-14-44(34(45)46)22(18-42)7-10-39/h2,5-6,15-17,22H,3-4,7-9,11-14,18-20H2,1H3,(H,45,46)/t22-/m0/s1. The molecule has 3 saturated heterocycles. The normalized spacial score (nSPS) is 19.0. The summed E-state index contributed by atoms with van der Waals surface area (Å²) < 4.78 is 50.5. The first kappa shape index (κ1) is 33.0. The van der Waals surface area contributed by atoms with Crippen molar-refractivity contribution < 1.29 is 32.9 Å². The molecule has 3 aliphatic heterocycles. The maximum absolute atomic E-state index is 17.1. The van der Waals surface area contributed by atoms with E-state index in [1.54, 1.807) is 29.2 Å². The molecule has 0 bridgehead atoms. The van der Waals surface area contributed by atoms with Crippen molar-refractivity contribution in [1.82, 2.24) is 19.8 Å². The second kappa shape index (κ2) is 13.4. The van der Waals surface area contributed by atoms with E-state index in [2.05, 4.69) is 16.0 Å². The lowest BCUT2D eigenvalue weighted by Gasteiger charge is -2.40. The molecule has 4 aromatic rings. The number of carbonyl (C=O) groups is 1. The van der Waals surface area contributed by atoms with Crippen molar-refractivity contribution in [3.05, 3.63) is 53.1 Å². The van der Waals surface area contributed by atoms with Crippen LogP contribution in [0.3, 0.4) is 0 Å². The Morgan fingerprint density at radius 1 is 1.12 bits per heavy atom. The van der Waals surface area contributed by atoms with Gasteiger partial charge >= 0.3 is 12.1 Å². The molecule has 0 unspecified atom stereocenters. The zero-order valence-electron chi connectivity index (χ0n) is 26.9. The zero-order valence-corrected chi connectivity index (χ0v) is 27.7. The number of hydrogen-bond donors (Lipinski definition) is 1. The van der Waals surface area contributed by atoms with E-state index in [9.17, 15) is 15.2 Å². The van der Waals surface area contributed by atoms with Crippen molar-refractivity contribution in [3.8, 4) is 29.0 Å². The smallest absolute Gasteiger partial charge is 0.407 e. The number of hydrogen-bond acceptors (Lipinski definition) is 9. The molecule has 1 N–H and O–H groups in total. The Hall–Kier alpha value is -4.51. The van der Waals surface area contributed by atoms with Crippen LogP contribution in [0, 0.1) is 23.0 Å². The first-order valence-electron chi connectivity index (χ1n) is 16.3. The van der Waals surface area contributed by atoms with E-state index in [4.69, 9.17) is 30.8 Å². The minimum Gasteiger partial charge on any atom is -0.468 e. The molecule has 7 rings (SSSR count). The van der Waals surface area contributed by atoms with Crippen molar-refractivity contribution in [3.63, 3.8) is 0 Å². The molecule has 49 heavy (non-hydrogen) atoms. The summed E-state index contributed by atoms with van der Waals surface area (Å²) in [4.78, 5) is 26.6. The molecule has 1 atom stereocenters. The molecule has 1 aromatic heterocycles. The Morgan fingerprint density at radius 3 is 2.65 bits per heavy atom. The van der Waals surface area contributed by atoms with Gasteiger partial charge in [-0.05, 0) is 68.4 Å². The molecule has 4 heterocycles. The fourth-order valence-electron chi connectivity index (χ4n) is 7.71. The van der Waals surface area contributed by atoms with Gasteiger partial charge in [-0.25, -0.2) is 13.6 Å². The molecule has 0 spiro atoms. The summed E-state index contributed by atoms with van der Waals surface area (Å²) in [5.41, 5.74) is -0.485. The first-order valence-corrected chi connectivity index (χ1v) is 16.6. The summed E-state index contributed by atoms with van der Waals surface area (Å²) in [6, 6.07) is 10.9. The van der Waals surface area contributed by atoms with E-state index in [-0.39, 0.29) is 72.2 Å². The van der Waals surface area contributed by atoms with E-state index < -0.39 is 23.8 Å². The Balaban J connectivity index is 1.38. The number of piperazine rings is 1. The van der Waals surface area contributed by atoms with Crippen LogP contribution < -0.4 is 14.4 Å². The predicted molar refractivity (Wildman–Crippen MR) is 179 cm³/mol. The Morgan fingerprint density at radius 2 is 1.92 bits per heavy atom. The third-order valence-electron chi connectivity index (χ3n) is 9.99. The Labute approximate surface area is 286 Å². The monoisotopic (exact) mass is 692 g/mol. The number of nitriles is 1. The van der Waals surface area contributed by atoms with E-state index in [1.165, 1.54) is 24.1 Å². The minimum atomic E-state index is -1.14. The van der Waals surface area contributed by atoms with Gasteiger partial charge in [0.05, 0.1) is 29.6 Å². The molecule has 0 radical (unpaired) electrons. The maximum Gasteiger partial charge on any atom is 0.407 e. The van der Waals surface area contributed by atoms with Gasteiger partial charge in [0.2, 0.25) is 0 Å². The van der Waals surface area contributed by atoms with Crippen molar-refractivity contribution in [2.24, 2.45) is 0 Å². The third kappa shape index (κ3) is 6.02. The summed E-state index contributed by atoms with van der Waals surface area (Å²) >= 11 is 6.63. The number of ether oxygens (including phenoxy) is 3. The van der Waals surface area contributed by atoms with Gasteiger partial charge in [-0.1, -0.05) is 23.7 Å². The summed E-state index contributed by atoms with van der Waals surface area (Å²) in [6.07, 6.45) is 2.86. The second-order valence-corrected chi connectivity index (χ2v) is 13.2. The van der Waals surface area contributed by atoms with E-state index in [0.717, 1.165) is 38.8 Å². The number of carboxylic acid groups (broad SMARTS) is 1. The highest BCUT2D eigenvalue weighted by Crippen LogP contribution is 2.43. The Bertz CT molecular complexity index is 1970. The summed E-state index contributed by atoms with van der Waals surface area (Å²) in [7, 11) is 1.47. The van der Waals surface area contributed by atoms with Crippen molar-refractivity contribution in [2.75, 3.05) is 58.1 Å². The number of benzene rings is 3. The number of nitrogens with zero attached hydrogens (tertiary/aromatic N) is 6. The molecule has 3 aromatic carbocycles. The molecule has 1 amide bonds. The van der Waals surface area contributed by atoms with Gasteiger partial charge in [0.25, 0.3) is 0 Å². The molecule has 256 valence electrons. The summed E-state index contributed by atoms with van der Waals surface area (Å²) in [5, 5.41) is 20.6. The summed E-state index contributed by atoms with van der Waals surface area (Å²) in [5.74, 6) is -1.29. The lowest BCUT2D eigenvalue weighted by atomic mass is 9.95. The lowest BCUT2D eigenvalue weighted by Crippen LogP contribution is -2.55. The van der Waals surface area contributed by atoms with Crippen LogP contribution in [0.25, 0.3) is 32.8 Å². The lowest BCUT2D eigenvalue weighted by molar-refractivity contribution is 0.0512. The van der Waals surface area contributed by atoms with Gasteiger partial charge < -0.3 is 29.1 Å². The highest BCUT2D eigenvalue weighted by atomic mass is 35.5. The number of halogens is 3. The first-order chi connectivity index (χ1) is 23.7. The number of fused-ring (bicyclic) bond motifs is 3. The van der Waals surface area contributed by atoms with Crippen LogP contribution in [0.4, 0.5) is 19.4 Å². The van der Waals surface area contributed by atoms with Gasteiger partial charge in [0.1, 0.15) is 29.5 Å². The third-order valence-corrected chi connectivity index (χ3v) is 10.3. The van der Waals surface area contributed by atoms with Crippen molar-refractivity contribution in [1.29, 1.82) is 5.26 Å². The average Bonchev–Trinajstić information content (AvgIpc) is 3.67. The topological polar surface area (TPSA) is 124 Å². The zero-order chi connectivity index (χ0) is 34.3. The van der Waals surface area contributed by atoms with E-state index >= 15 is 8.78 Å². The molecule has 0 saturated carbocycles. The highest BCUT2D eigenvalue weighted by Gasteiger charge is 2.45. The van der Waals surface area contributed by atoms with Gasteiger partial charge in [-0.3, -0.25) is 4.90 Å². The number of aromatic nitrogens is 2. The molecule has 3 fully saturated rings. The molecule has 0 aliphatic carbocycles. The van der Waals surface area contributed by atoms with E-state index in [0.29, 0.717) is 28.2 Å². The maximum atomic E-state index is 17.1. The molecule has 11 nitrogen and oxygen atoms in total. The van der Waals surface area contributed by atoms with Crippen LogP contribution >= 0.6 is 11.6 Å². The van der Waals surface area contributed by atoms with E-state index in [1.807, 2.05) is 0 Å². The SMILES string of the molecule is COCOc1cc(-c2c(F)cc3c(N4CCN(C(=O)O)[C@@H](CC#N)C4)nc(OCC45CCCN4CCC5)nc3c2F)c2c(Cl)cccc2c1. The van der Waals surface area contributed by atoms with Gasteiger partial charge in [-0.15, -0.1) is 0 Å². The second-order valence-electron chi connectivity index (χ2n) is 12.8. The largest absolute Gasteiger partial charge is 0.468 e. The van der Waals surface area contributed by atoms with Crippen LogP contribution in [0.2, 0.25) is 5.02 Å². The molecular formula is C35H35ClF2N6O5. The number of rotatable bonds is 9. The van der Waals surface area contributed by atoms with Crippen LogP contribution in [0.5, 0.6) is 11.8 Å². The van der Waals surface area contributed by atoms with Crippen molar-refractivity contribution in [2.45, 2.75) is 43.7 Å². The van der Waals surface area contributed by atoms with Crippen LogP contribution in [-0.2, 0) is 4.74 Å². The number of amides is 1. The molecular weight excluding hydrogens is 658 g/mol. The average molecular weight is 693 g/mol. The van der Waals surface area contributed by atoms with Crippen molar-refractivity contribution >= 4 is 45.2 Å². The molecule has 3 aliphatic rings. The van der Waals surface area contributed by atoms with Gasteiger partial charge in [0, 0.05) is 48.1 Å². The molecule has 14 heteroatoms. The quantitative estimate of drug-likeness (QED) is 0.196. The van der Waals surface area contributed by atoms with Gasteiger partial charge in [0.15, 0.2) is 12.6 Å². The fraction of sp³-hybridized carbons (Fsp3) is 0.429. The number of methoxy groups -OCH3 is 1. The minimum absolute atomic E-state index is 0.0598.